The first-order valence-electron chi connectivity index (χ1n) is 7.88. The average molecular weight is 397 g/mol. The number of aromatic nitrogens is 2. The Kier molecular flexibility index (Phi) is 5.87. The van der Waals surface area contributed by atoms with E-state index in [-0.39, 0.29) is 24.1 Å². The normalized spacial score (nSPS) is 11.3. The third-order valence-corrected chi connectivity index (χ3v) is 4.47. The molecule has 0 aliphatic heterocycles. The molecular weight excluding hydrogens is 380 g/mol. The predicted octanol–water partition coefficient (Wildman–Crippen LogP) is 3.26. The fourth-order valence-electron chi connectivity index (χ4n) is 2.49. The number of benzene rings is 1. The zero-order valence-electron chi connectivity index (χ0n) is 14.6. The Labute approximate surface area is 157 Å². The van der Waals surface area contributed by atoms with Gasteiger partial charge in [-0.2, -0.15) is 13.5 Å². The molecule has 2 heterocycles. The number of hydrogen-bond acceptors (Lipinski definition) is 7. The number of halogens is 2. The van der Waals surface area contributed by atoms with E-state index in [1.54, 1.807) is 19.2 Å². The van der Waals surface area contributed by atoms with Crippen molar-refractivity contribution < 1.29 is 22.7 Å². The quantitative estimate of drug-likeness (QED) is 0.581. The van der Waals surface area contributed by atoms with Crippen molar-refractivity contribution >= 4 is 11.3 Å². The van der Waals surface area contributed by atoms with Crippen LogP contribution in [0, 0.1) is 0 Å². The Balaban J connectivity index is 1.69. The number of alkyl halides is 2. The largest absolute Gasteiger partial charge is 0.493 e. The molecule has 0 spiro atoms. The molecule has 3 rings (SSSR count). The lowest BCUT2D eigenvalue weighted by Gasteiger charge is -2.17. The van der Waals surface area contributed by atoms with Gasteiger partial charge in [0, 0.05) is 6.54 Å². The Bertz CT molecular complexity index is 940. The topological polar surface area (TPSA) is 69.7 Å². The summed E-state index contributed by atoms with van der Waals surface area (Å²) in [4.78, 5) is 14.6. The van der Waals surface area contributed by atoms with E-state index in [4.69, 9.17) is 9.15 Å². The number of hydrogen-bond donors (Lipinski definition) is 0. The molecule has 0 atom stereocenters. The SMILES string of the molecule is COc1cc(CN(C)Cn2nc(-c3cccs3)oc2=O)ccc1OC(F)F. The van der Waals surface area contributed by atoms with Gasteiger partial charge in [0.2, 0.25) is 0 Å². The van der Waals surface area contributed by atoms with Gasteiger partial charge in [0.25, 0.3) is 5.89 Å². The number of rotatable bonds is 8. The molecule has 0 bridgehead atoms. The molecule has 3 aromatic rings. The second-order valence-corrected chi connectivity index (χ2v) is 6.62. The van der Waals surface area contributed by atoms with Gasteiger partial charge in [-0.15, -0.1) is 16.4 Å². The number of methoxy groups -OCH3 is 1. The summed E-state index contributed by atoms with van der Waals surface area (Å²) in [6.07, 6.45) is 0. The first-order chi connectivity index (χ1) is 13.0. The van der Waals surface area contributed by atoms with Crippen molar-refractivity contribution in [1.82, 2.24) is 14.7 Å². The predicted molar refractivity (Wildman–Crippen MR) is 95.2 cm³/mol. The maximum Gasteiger partial charge on any atom is 0.438 e. The van der Waals surface area contributed by atoms with Crippen molar-refractivity contribution in [2.45, 2.75) is 19.8 Å². The summed E-state index contributed by atoms with van der Waals surface area (Å²) in [5.74, 6) is -0.103. The Morgan fingerprint density at radius 2 is 2.15 bits per heavy atom. The fraction of sp³-hybridized carbons (Fsp3) is 0.294. The van der Waals surface area contributed by atoms with Gasteiger partial charge in [0.1, 0.15) is 6.67 Å². The van der Waals surface area contributed by atoms with Crippen molar-refractivity contribution in [1.29, 1.82) is 0 Å². The molecule has 27 heavy (non-hydrogen) atoms. The number of thiophene rings is 1. The van der Waals surface area contributed by atoms with E-state index in [1.165, 1.54) is 29.2 Å². The van der Waals surface area contributed by atoms with Gasteiger partial charge in [-0.1, -0.05) is 12.1 Å². The smallest absolute Gasteiger partial charge is 0.438 e. The molecule has 0 aliphatic carbocycles. The minimum absolute atomic E-state index is 0.0350. The Morgan fingerprint density at radius 3 is 2.81 bits per heavy atom. The van der Waals surface area contributed by atoms with E-state index in [0.29, 0.717) is 6.54 Å². The van der Waals surface area contributed by atoms with Gasteiger partial charge in [-0.25, -0.2) is 4.79 Å². The van der Waals surface area contributed by atoms with Crippen LogP contribution in [-0.4, -0.2) is 35.4 Å². The minimum atomic E-state index is -2.93. The van der Waals surface area contributed by atoms with Crippen LogP contribution in [0.15, 0.2) is 44.9 Å². The molecule has 0 fully saturated rings. The maximum atomic E-state index is 12.4. The van der Waals surface area contributed by atoms with Crippen molar-refractivity contribution in [2.75, 3.05) is 14.2 Å². The second kappa shape index (κ2) is 8.31. The molecule has 0 N–H and O–H groups in total. The van der Waals surface area contributed by atoms with Crippen LogP contribution in [0.4, 0.5) is 8.78 Å². The molecule has 144 valence electrons. The molecule has 0 radical (unpaired) electrons. The van der Waals surface area contributed by atoms with Gasteiger partial charge in [0.05, 0.1) is 12.0 Å². The summed E-state index contributed by atoms with van der Waals surface area (Å²) in [5, 5.41) is 6.06. The lowest BCUT2D eigenvalue weighted by Crippen LogP contribution is -2.28. The molecule has 2 aromatic heterocycles. The molecule has 10 heteroatoms. The summed E-state index contributed by atoms with van der Waals surface area (Å²) in [6, 6.07) is 8.35. The van der Waals surface area contributed by atoms with E-state index in [1.807, 2.05) is 22.4 Å². The van der Waals surface area contributed by atoms with Crippen LogP contribution in [0.1, 0.15) is 5.56 Å². The van der Waals surface area contributed by atoms with Crippen LogP contribution in [0.2, 0.25) is 0 Å². The lowest BCUT2D eigenvalue weighted by atomic mass is 10.2. The fourth-order valence-corrected chi connectivity index (χ4v) is 3.13. The first kappa shape index (κ1) is 19.1. The number of nitrogens with zero attached hydrogens (tertiary/aromatic N) is 3. The summed E-state index contributed by atoms with van der Waals surface area (Å²) in [7, 11) is 3.17. The molecule has 0 aliphatic rings. The zero-order valence-corrected chi connectivity index (χ0v) is 15.4. The maximum absolute atomic E-state index is 12.4. The van der Waals surface area contributed by atoms with Gasteiger partial charge in [-0.05, 0) is 36.2 Å². The summed E-state index contributed by atoms with van der Waals surface area (Å²) >= 11 is 1.43. The lowest BCUT2D eigenvalue weighted by molar-refractivity contribution is -0.0512. The highest BCUT2D eigenvalue weighted by Crippen LogP contribution is 2.29. The molecule has 0 saturated carbocycles. The van der Waals surface area contributed by atoms with Crippen LogP contribution in [0.5, 0.6) is 11.5 Å². The molecule has 7 nitrogen and oxygen atoms in total. The second-order valence-electron chi connectivity index (χ2n) is 5.67. The third-order valence-electron chi connectivity index (χ3n) is 3.61. The summed E-state index contributed by atoms with van der Waals surface area (Å²) < 4.78 is 40.7. The Hall–Kier alpha value is -2.72. The van der Waals surface area contributed by atoms with Crippen LogP contribution in [-0.2, 0) is 13.2 Å². The summed E-state index contributed by atoms with van der Waals surface area (Å²) in [5.41, 5.74) is 0.797. The molecule has 0 amide bonds. The van der Waals surface area contributed by atoms with Gasteiger partial charge in [-0.3, -0.25) is 4.90 Å². The van der Waals surface area contributed by atoms with E-state index < -0.39 is 12.4 Å². The highest BCUT2D eigenvalue weighted by molar-refractivity contribution is 7.13. The molecule has 0 unspecified atom stereocenters. The van der Waals surface area contributed by atoms with Crippen molar-refractivity contribution in [2.24, 2.45) is 0 Å². The van der Waals surface area contributed by atoms with Gasteiger partial charge >= 0.3 is 12.4 Å². The van der Waals surface area contributed by atoms with Crippen LogP contribution in [0.3, 0.4) is 0 Å². The van der Waals surface area contributed by atoms with E-state index in [2.05, 4.69) is 9.84 Å². The van der Waals surface area contributed by atoms with Crippen LogP contribution in [0.25, 0.3) is 10.8 Å². The monoisotopic (exact) mass is 397 g/mol. The van der Waals surface area contributed by atoms with Crippen molar-refractivity contribution in [3.63, 3.8) is 0 Å². The highest BCUT2D eigenvalue weighted by atomic mass is 32.1. The van der Waals surface area contributed by atoms with Crippen molar-refractivity contribution in [3.8, 4) is 22.3 Å². The molecule has 1 aromatic carbocycles. The number of ether oxygens (including phenoxy) is 2. The van der Waals surface area contributed by atoms with E-state index in [9.17, 15) is 13.6 Å². The van der Waals surface area contributed by atoms with Crippen molar-refractivity contribution in [3.05, 3.63) is 51.8 Å². The standard InChI is InChI=1S/C17H17F2N3O4S/c1-21(9-11-5-6-12(25-16(18)19)13(8-11)24-2)10-22-17(23)26-15(20-22)14-4-3-7-27-14/h3-8,16H,9-10H2,1-2H3. The minimum Gasteiger partial charge on any atom is -0.493 e. The molecular formula is C17H17F2N3O4S. The average Bonchev–Trinajstić information content (AvgIpc) is 3.26. The third kappa shape index (κ3) is 4.72. The van der Waals surface area contributed by atoms with E-state index >= 15 is 0 Å². The van der Waals surface area contributed by atoms with Crippen LogP contribution < -0.4 is 15.2 Å². The Morgan fingerprint density at radius 1 is 1.33 bits per heavy atom. The summed E-state index contributed by atoms with van der Waals surface area (Å²) in [6.45, 7) is -2.30. The first-order valence-corrected chi connectivity index (χ1v) is 8.76. The molecule has 0 saturated heterocycles. The van der Waals surface area contributed by atoms with E-state index in [0.717, 1.165) is 10.4 Å². The van der Waals surface area contributed by atoms with Gasteiger partial charge in [0.15, 0.2) is 11.5 Å². The zero-order chi connectivity index (χ0) is 19.4. The highest BCUT2D eigenvalue weighted by Gasteiger charge is 2.14. The van der Waals surface area contributed by atoms with Crippen LogP contribution >= 0.6 is 11.3 Å². The van der Waals surface area contributed by atoms with Gasteiger partial charge < -0.3 is 13.9 Å².